The molecule has 1 heterocycles. The summed E-state index contributed by atoms with van der Waals surface area (Å²) in [7, 11) is 2.03. The van der Waals surface area contributed by atoms with Crippen molar-refractivity contribution < 1.29 is 14.4 Å². The molecule has 0 bridgehead atoms. The Hall–Kier alpha value is -2.34. The molecule has 2 aromatic carbocycles. The van der Waals surface area contributed by atoms with Gasteiger partial charge < -0.3 is 15.0 Å². The molecule has 146 valence electrons. The molecule has 3 rings (SSSR count). The van der Waals surface area contributed by atoms with Crippen molar-refractivity contribution in [2.75, 3.05) is 19.0 Å². The number of hydrogen-bond donors (Lipinski definition) is 2. The predicted molar refractivity (Wildman–Crippen MR) is 115 cm³/mol. The van der Waals surface area contributed by atoms with Crippen molar-refractivity contribution >= 4 is 34.5 Å². The molecule has 1 aromatic heterocycles. The van der Waals surface area contributed by atoms with E-state index >= 15 is 0 Å². The number of benzene rings is 2. The van der Waals surface area contributed by atoms with E-state index in [9.17, 15) is 4.79 Å². The Morgan fingerprint density at radius 1 is 1.11 bits per heavy atom. The molecule has 1 amide bonds. The van der Waals surface area contributed by atoms with Gasteiger partial charge in [-0.05, 0) is 31.2 Å². The minimum absolute atomic E-state index is 0.0708. The summed E-state index contributed by atoms with van der Waals surface area (Å²) in [6, 6.07) is 20.9. The van der Waals surface area contributed by atoms with Gasteiger partial charge >= 0.3 is 0 Å². The van der Waals surface area contributed by atoms with Crippen molar-refractivity contribution in [2.24, 2.45) is 0 Å². The Morgan fingerprint density at radius 2 is 1.82 bits per heavy atom. The third-order valence-corrected chi connectivity index (χ3v) is 5.65. The van der Waals surface area contributed by atoms with Crippen LogP contribution in [-0.2, 0) is 11.3 Å². The van der Waals surface area contributed by atoms with Crippen LogP contribution in [0.3, 0.4) is 0 Å². The van der Waals surface area contributed by atoms with Gasteiger partial charge in [-0.1, -0.05) is 54.1 Å². The largest absolute Gasteiger partial charge is 0.492 e. The van der Waals surface area contributed by atoms with Crippen LogP contribution in [0.15, 0.2) is 66.7 Å². The first kappa shape index (κ1) is 20.4. The minimum Gasteiger partial charge on any atom is -0.492 e. The van der Waals surface area contributed by atoms with Crippen molar-refractivity contribution in [3.63, 3.8) is 0 Å². The Balaban J connectivity index is 1.85. The van der Waals surface area contributed by atoms with E-state index in [1.54, 1.807) is 11.3 Å². The molecule has 0 aliphatic carbocycles. The summed E-state index contributed by atoms with van der Waals surface area (Å²) in [6.07, 6.45) is 0. The van der Waals surface area contributed by atoms with E-state index in [0.717, 1.165) is 19.7 Å². The first-order chi connectivity index (χ1) is 13.6. The number of thiophene rings is 1. The van der Waals surface area contributed by atoms with Crippen LogP contribution in [0.2, 0.25) is 4.34 Å². The number of halogens is 1. The van der Waals surface area contributed by atoms with Crippen LogP contribution in [0.25, 0.3) is 0 Å². The van der Waals surface area contributed by atoms with E-state index in [1.165, 1.54) is 0 Å². The van der Waals surface area contributed by atoms with Crippen LogP contribution in [0.1, 0.15) is 23.4 Å². The number of rotatable bonds is 8. The zero-order chi connectivity index (χ0) is 19.9. The molecular formula is C22H24ClN2O2S+. The van der Waals surface area contributed by atoms with Crippen molar-refractivity contribution in [3.8, 4) is 5.75 Å². The summed E-state index contributed by atoms with van der Waals surface area (Å²) in [5.41, 5.74) is 1.65. The third kappa shape index (κ3) is 5.13. The Kier molecular flexibility index (Phi) is 7.09. The fraction of sp³-hybridized carbons (Fsp3) is 0.227. The molecule has 6 heteroatoms. The normalized spacial score (nSPS) is 13.0. The van der Waals surface area contributed by atoms with Crippen LogP contribution < -0.4 is 15.0 Å². The fourth-order valence-electron chi connectivity index (χ4n) is 3.18. The van der Waals surface area contributed by atoms with Gasteiger partial charge in [-0.2, -0.15) is 0 Å². The summed E-state index contributed by atoms with van der Waals surface area (Å²) in [4.78, 5) is 15.5. The number of carbonyl (C=O) groups is 1. The van der Waals surface area contributed by atoms with Crippen LogP contribution in [0, 0.1) is 0 Å². The fourth-order valence-corrected chi connectivity index (χ4v) is 4.37. The molecule has 2 atom stereocenters. The smallest absolute Gasteiger partial charge is 0.287 e. The average Bonchev–Trinajstić information content (AvgIpc) is 3.09. The van der Waals surface area contributed by atoms with Crippen LogP contribution in [-0.4, -0.2) is 19.6 Å². The SMILES string of the molecule is CCOc1ccccc1NC(=O)[C@H](c1ccccc1)[NH+](C)Cc1ccc(Cl)s1. The van der Waals surface area contributed by atoms with E-state index in [2.05, 4.69) is 5.32 Å². The van der Waals surface area contributed by atoms with Gasteiger partial charge in [-0.15, -0.1) is 11.3 Å². The highest BCUT2D eigenvalue weighted by molar-refractivity contribution is 7.16. The molecule has 3 aromatic rings. The number of para-hydroxylation sites is 2. The van der Waals surface area contributed by atoms with Gasteiger partial charge in [0.1, 0.15) is 12.3 Å². The van der Waals surface area contributed by atoms with Gasteiger partial charge in [0.05, 0.1) is 28.6 Å². The molecule has 0 spiro atoms. The lowest BCUT2D eigenvalue weighted by Crippen LogP contribution is -3.09. The van der Waals surface area contributed by atoms with E-state index in [1.807, 2.05) is 80.7 Å². The maximum absolute atomic E-state index is 13.3. The van der Waals surface area contributed by atoms with Crippen molar-refractivity contribution in [1.29, 1.82) is 0 Å². The minimum atomic E-state index is -0.364. The maximum Gasteiger partial charge on any atom is 0.287 e. The molecule has 0 saturated carbocycles. The maximum atomic E-state index is 13.3. The zero-order valence-corrected chi connectivity index (χ0v) is 17.5. The average molecular weight is 416 g/mol. The lowest BCUT2D eigenvalue weighted by molar-refractivity contribution is -0.915. The number of nitrogens with one attached hydrogen (secondary N) is 2. The van der Waals surface area contributed by atoms with Gasteiger partial charge in [-0.3, -0.25) is 4.79 Å². The number of quaternary nitrogens is 1. The Labute approximate surface area is 174 Å². The van der Waals surface area contributed by atoms with Crippen molar-refractivity contribution in [3.05, 3.63) is 81.5 Å². The highest BCUT2D eigenvalue weighted by atomic mass is 35.5. The molecular weight excluding hydrogens is 392 g/mol. The van der Waals surface area contributed by atoms with Crippen molar-refractivity contribution in [1.82, 2.24) is 0 Å². The van der Waals surface area contributed by atoms with Crippen molar-refractivity contribution in [2.45, 2.75) is 19.5 Å². The third-order valence-electron chi connectivity index (χ3n) is 4.41. The number of hydrogen-bond acceptors (Lipinski definition) is 3. The van der Waals surface area contributed by atoms with E-state index < -0.39 is 0 Å². The predicted octanol–water partition coefficient (Wildman–Crippen LogP) is 4.19. The standard InChI is InChI=1S/C22H23ClN2O2S/c1-3-27-19-12-8-7-11-18(19)24-22(26)21(16-9-5-4-6-10-16)25(2)15-17-13-14-20(23)28-17/h4-14,21H,3,15H2,1-2H3,(H,24,26)/p+1/t21-/m0/s1. The second kappa shape index (κ2) is 9.73. The first-order valence-corrected chi connectivity index (χ1v) is 10.4. The van der Waals surface area contributed by atoms with E-state index in [4.69, 9.17) is 16.3 Å². The van der Waals surface area contributed by atoms with E-state index in [0.29, 0.717) is 24.6 Å². The summed E-state index contributed by atoms with van der Waals surface area (Å²) in [5.74, 6) is 0.603. The van der Waals surface area contributed by atoms with E-state index in [-0.39, 0.29) is 11.9 Å². The zero-order valence-electron chi connectivity index (χ0n) is 15.9. The summed E-state index contributed by atoms with van der Waals surface area (Å²) < 4.78 is 6.41. The summed E-state index contributed by atoms with van der Waals surface area (Å²) >= 11 is 7.62. The second-order valence-electron chi connectivity index (χ2n) is 6.49. The Bertz CT molecular complexity index is 914. The van der Waals surface area contributed by atoms with Gasteiger partial charge in [-0.25, -0.2) is 0 Å². The molecule has 0 radical (unpaired) electrons. The summed E-state index contributed by atoms with van der Waals surface area (Å²) in [5, 5.41) is 3.06. The van der Waals surface area contributed by atoms with Crippen LogP contribution >= 0.6 is 22.9 Å². The molecule has 28 heavy (non-hydrogen) atoms. The molecule has 1 unspecified atom stereocenters. The molecule has 4 nitrogen and oxygen atoms in total. The number of amides is 1. The number of carbonyl (C=O) groups excluding carboxylic acids is 1. The van der Waals surface area contributed by atoms with Gasteiger partial charge in [0, 0.05) is 5.56 Å². The monoisotopic (exact) mass is 415 g/mol. The lowest BCUT2D eigenvalue weighted by Gasteiger charge is -2.24. The number of likely N-dealkylation sites (N-methyl/N-ethyl adjacent to an activating group) is 1. The quantitative estimate of drug-likeness (QED) is 0.579. The number of anilines is 1. The van der Waals surface area contributed by atoms with Gasteiger partial charge in [0.25, 0.3) is 5.91 Å². The lowest BCUT2D eigenvalue weighted by atomic mass is 10.0. The molecule has 0 saturated heterocycles. The molecule has 0 aliphatic rings. The number of ether oxygens (including phenoxy) is 1. The second-order valence-corrected chi connectivity index (χ2v) is 8.29. The first-order valence-electron chi connectivity index (χ1n) is 9.22. The summed E-state index contributed by atoms with van der Waals surface area (Å²) in [6.45, 7) is 3.17. The van der Waals surface area contributed by atoms with Gasteiger partial charge in [0.15, 0.2) is 6.04 Å². The van der Waals surface area contributed by atoms with Crippen LogP contribution in [0.5, 0.6) is 5.75 Å². The molecule has 0 aliphatic heterocycles. The topological polar surface area (TPSA) is 42.8 Å². The Morgan fingerprint density at radius 3 is 2.50 bits per heavy atom. The molecule has 0 fully saturated rings. The highest BCUT2D eigenvalue weighted by Gasteiger charge is 2.30. The van der Waals surface area contributed by atoms with Gasteiger partial charge in [0.2, 0.25) is 0 Å². The van der Waals surface area contributed by atoms with Crippen LogP contribution in [0.4, 0.5) is 5.69 Å². The highest BCUT2D eigenvalue weighted by Crippen LogP contribution is 2.25. The molecule has 2 N–H and O–H groups in total.